The van der Waals surface area contributed by atoms with Crippen molar-refractivity contribution in [1.29, 1.82) is 5.26 Å². The maximum absolute atomic E-state index is 11.7. The molecule has 0 spiro atoms. The van der Waals surface area contributed by atoms with Crippen molar-refractivity contribution in [1.82, 2.24) is 5.32 Å². The summed E-state index contributed by atoms with van der Waals surface area (Å²) < 4.78 is 0. The molecule has 0 unspecified atom stereocenters. The summed E-state index contributed by atoms with van der Waals surface area (Å²) in [6, 6.07) is 1.81. The first kappa shape index (κ1) is 14.5. The molecule has 2 atom stereocenters. The summed E-state index contributed by atoms with van der Waals surface area (Å²) in [7, 11) is 0. The predicted octanol–water partition coefficient (Wildman–Crippen LogP) is 1.83. The second-order valence-corrected chi connectivity index (χ2v) is 4.77. The Kier molecular flexibility index (Phi) is 6.20. The Balaban J connectivity index is 2.32. The molecule has 0 aromatic carbocycles. The average molecular weight is 252 g/mol. The number of carboxylic acid groups (broad SMARTS) is 1. The van der Waals surface area contributed by atoms with Crippen LogP contribution in [0.3, 0.4) is 0 Å². The minimum atomic E-state index is -0.815. The molecule has 0 aromatic heterocycles. The van der Waals surface area contributed by atoms with E-state index in [2.05, 4.69) is 5.32 Å². The van der Waals surface area contributed by atoms with Crippen molar-refractivity contribution in [2.45, 2.75) is 57.4 Å². The molecule has 2 N–H and O–H groups in total. The van der Waals surface area contributed by atoms with E-state index in [1.807, 2.05) is 6.07 Å². The van der Waals surface area contributed by atoms with E-state index in [-0.39, 0.29) is 11.9 Å². The molecule has 5 nitrogen and oxygen atoms in total. The fourth-order valence-electron chi connectivity index (χ4n) is 2.37. The Morgan fingerprint density at radius 1 is 1.28 bits per heavy atom. The molecule has 100 valence electrons. The van der Waals surface area contributed by atoms with Crippen LogP contribution >= 0.6 is 0 Å². The summed E-state index contributed by atoms with van der Waals surface area (Å²) in [6.07, 6.45) is 5.55. The lowest BCUT2D eigenvalue weighted by atomic mass is 9.84. The second-order valence-electron chi connectivity index (χ2n) is 4.77. The summed E-state index contributed by atoms with van der Waals surface area (Å²) in [5.74, 6) is -1.35. The fraction of sp³-hybridized carbons (Fsp3) is 0.769. The van der Waals surface area contributed by atoms with E-state index in [0.29, 0.717) is 25.7 Å². The van der Waals surface area contributed by atoms with Gasteiger partial charge in [-0.3, -0.25) is 9.59 Å². The Bertz CT molecular complexity index is 336. The lowest BCUT2D eigenvalue weighted by Gasteiger charge is -2.29. The zero-order chi connectivity index (χ0) is 13.4. The minimum absolute atomic E-state index is 0.0916. The molecule has 0 aliphatic heterocycles. The highest BCUT2D eigenvalue weighted by atomic mass is 16.4. The van der Waals surface area contributed by atoms with Gasteiger partial charge in [-0.15, -0.1) is 0 Å². The number of hydrogen-bond donors (Lipinski definition) is 2. The molecule has 1 aliphatic carbocycles. The number of carbonyl (C=O) groups is 2. The van der Waals surface area contributed by atoms with Gasteiger partial charge in [0.05, 0.1) is 12.0 Å². The number of aliphatic carboxylic acids is 1. The molecule has 18 heavy (non-hydrogen) atoms. The topological polar surface area (TPSA) is 90.2 Å². The number of nitriles is 1. The van der Waals surface area contributed by atoms with Gasteiger partial charge in [-0.25, -0.2) is 0 Å². The van der Waals surface area contributed by atoms with Gasteiger partial charge in [0.25, 0.3) is 0 Å². The van der Waals surface area contributed by atoms with Crippen molar-refractivity contribution in [3.8, 4) is 6.07 Å². The molecule has 1 fully saturated rings. The zero-order valence-electron chi connectivity index (χ0n) is 10.5. The van der Waals surface area contributed by atoms with E-state index < -0.39 is 11.9 Å². The van der Waals surface area contributed by atoms with Crippen LogP contribution in [0.5, 0.6) is 0 Å². The molecule has 1 amide bonds. The van der Waals surface area contributed by atoms with Gasteiger partial charge in [0.15, 0.2) is 0 Å². The summed E-state index contributed by atoms with van der Waals surface area (Å²) >= 11 is 0. The standard InChI is InChI=1S/C13H20N2O3/c14-9-5-1-2-8-12(16)15-11-7-4-3-6-10(11)13(17)18/h10-11H,1-8H2,(H,15,16)(H,17,18)/t10-,11+/m1/s1. The number of nitrogens with zero attached hydrogens (tertiary/aromatic N) is 1. The van der Waals surface area contributed by atoms with E-state index in [9.17, 15) is 9.59 Å². The van der Waals surface area contributed by atoms with Gasteiger partial charge in [0.2, 0.25) is 5.91 Å². The molecule has 1 aliphatic rings. The van der Waals surface area contributed by atoms with Crippen LogP contribution in [0.15, 0.2) is 0 Å². The van der Waals surface area contributed by atoms with Crippen LogP contribution in [0.2, 0.25) is 0 Å². The Morgan fingerprint density at radius 2 is 2.00 bits per heavy atom. The number of hydrogen-bond acceptors (Lipinski definition) is 3. The first-order valence-corrected chi connectivity index (χ1v) is 6.54. The van der Waals surface area contributed by atoms with Crippen molar-refractivity contribution in [3.63, 3.8) is 0 Å². The van der Waals surface area contributed by atoms with Crippen LogP contribution in [0.1, 0.15) is 51.4 Å². The molecular weight excluding hydrogens is 232 g/mol. The maximum Gasteiger partial charge on any atom is 0.308 e. The fourth-order valence-corrected chi connectivity index (χ4v) is 2.37. The van der Waals surface area contributed by atoms with Crippen molar-refractivity contribution in [2.75, 3.05) is 0 Å². The first-order chi connectivity index (χ1) is 8.65. The highest BCUT2D eigenvalue weighted by Gasteiger charge is 2.31. The Morgan fingerprint density at radius 3 is 2.67 bits per heavy atom. The summed E-state index contributed by atoms with van der Waals surface area (Å²) in [5.41, 5.74) is 0. The first-order valence-electron chi connectivity index (χ1n) is 6.54. The van der Waals surface area contributed by atoms with Gasteiger partial charge < -0.3 is 10.4 Å². The number of nitrogens with one attached hydrogen (secondary N) is 1. The van der Waals surface area contributed by atoms with E-state index in [0.717, 1.165) is 25.7 Å². The van der Waals surface area contributed by atoms with Crippen LogP contribution < -0.4 is 5.32 Å². The second kappa shape index (κ2) is 7.70. The van der Waals surface area contributed by atoms with E-state index in [4.69, 9.17) is 10.4 Å². The van der Waals surface area contributed by atoms with Crippen molar-refractivity contribution < 1.29 is 14.7 Å². The molecule has 5 heteroatoms. The largest absolute Gasteiger partial charge is 0.481 e. The normalized spacial score (nSPS) is 23.1. The van der Waals surface area contributed by atoms with Crippen LogP contribution in [0.25, 0.3) is 0 Å². The molecule has 0 bridgehead atoms. The van der Waals surface area contributed by atoms with Gasteiger partial charge in [0, 0.05) is 18.9 Å². The number of carbonyl (C=O) groups excluding carboxylic acids is 1. The van der Waals surface area contributed by atoms with Crippen LogP contribution in [0.4, 0.5) is 0 Å². The smallest absolute Gasteiger partial charge is 0.308 e. The number of carboxylic acids is 1. The van der Waals surface area contributed by atoms with Crippen molar-refractivity contribution >= 4 is 11.9 Å². The summed E-state index contributed by atoms with van der Waals surface area (Å²) in [4.78, 5) is 22.7. The molecule has 0 radical (unpaired) electrons. The maximum atomic E-state index is 11.7. The third-order valence-electron chi connectivity index (χ3n) is 3.37. The van der Waals surface area contributed by atoms with Gasteiger partial charge >= 0.3 is 5.97 Å². The van der Waals surface area contributed by atoms with E-state index in [1.165, 1.54) is 0 Å². The predicted molar refractivity (Wildman–Crippen MR) is 65.6 cm³/mol. The van der Waals surface area contributed by atoms with Crippen LogP contribution in [-0.4, -0.2) is 23.0 Å². The number of amides is 1. The molecule has 1 rings (SSSR count). The van der Waals surface area contributed by atoms with Gasteiger partial charge in [-0.05, 0) is 25.7 Å². The zero-order valence-corrected chi connectivity index (χ0v) is 10.5. The van der Waals surface area contributed by atoms with Gasteiger partial charge in [-0.2, -0.15) is 5.26 Å². The van der Waals surface area contributed by atoms with E-state index in [1.54, 1.807) is 0 Å². The highest BCUT2D eigenvalue weighted by molar-refractivity contribution is 5.78. The minimum Gasteiger partial charge on any atom is -0.481 e. The molecular formula is C13H20N2O3. The number of unbranched alkanes of at least 4 members (excludes halogenated alkanes) is 2. The van der Waals surface area contributed by atoms with E-state index >= 15 is 0 Å². The van der Waals surface area contributed by atoms with Gasteiger partial charge in [0.1, 0.15) is 0 Å². The van der Waals surface area contributed by atoms with Crippen molar-refractivity contribution in [2.24, 2.45) is 5.92 Å². The average Bonchev–Trinajstić information content (AvgIpc) is 2.35. The van der Waals surface area contributed by atoms with Crippen molar-refractivity contribution in [3.05, 3.63) is 0 Å². The lowest BCUT2D eigenvalue weighted by Crippen LogP contribution is -2.45. The Labute approximate surface area is 107 Å². The Hall–Kier alpha value is -1.57. The van der Waals surface area contributed by atoms with Gasteiger partial charge in [-0.1, -0.05) is 12.8 Å². The SMILES string of the molecule is N#CCCCCC(=O)N[C@H]1CCCC[C@H]1C(=O)O. The molecule has 0 saturated heterocycles. The molecule has 0 aromatic rings. The monoisotopic (exact) mass is 252 g/mol. The van der Waals surface area contributed by atoms with Crippen LogP contribution in [0, 0.1) is 17.2 Å². The number of rotatable bonds is 6. The summed E-state index contributed by atoms with van der Waals surface area (Å²) in [6.45, 7) is 0. The quantitative estimate of drug-likeness (QED) is 0.705. The highest BCUT2D eigenvalue weighted by Crippen LogP contribution is 2.24. The third-order valence-corrected chi connectivity index (χ3v) is 3.37. The third kappa shape index (κ3) is 4.74. The molecule has 1 saturated carbocycles. The lowest BCUT2D eigenvalue weighted by molar-refractivity contribution is -0.144. The summed E-state index contributed by atoms with van der Waals surface area (Å²) in [5, 5.41) is 20.3. The molecule has 0 heterocycles. The van der Waals surface area contributed by atoms with Crippen LogP contribution in [-0.2, 0) is 9.59 Å².